The monoisotopic (exact) mass is 230 g/mol. The Morgan fingerprint density at radius 3 is 2.00 bits per heavy atom. The quantitative estimate of drug-likeness (QED) is 0.682. The van der Waals surface area contributed by atoms with Gasteiger partial charge in [0.2, 0.25) is 0 Å². The summed E-state index contributed by atoms with van der Waals surface area (Å²) in [5, 5.41) is 9.19. The van der Waals surface area contributed by atoms with Gasteiger partial charge in [0.05, 0.1) is 0 Å². The summed E-state index contributed by atoms with van der Waals surface area (Å²) in [4.78, 5) is 1.96. The largest absolute Gasteiger partial charge is 0.369 e. The molecule has 4 aliphatic carbocycles. The fourth-order valence-electron chi connectivity index (χ4n) is 4.71. The van der Waals surface area contributed by atoms with E-state index in [0.29, 0.717) is 5.92 Å². The van der Waals surface area contributed by atoms with Crippen LogP contribution in [0.4, 0.5) is 0 Å². The van der Waals surface area contributed by atoms with Gasteiger partial charge in [-0.1, -0.05) is 0 Å². The van der Waals surface area contributed by atoms with Gasteiger partial charge in [0.1, 0.15) is 11.8 Å². The average molecular weight is 230 g/mol. The molecule has 4 rings (SSSR count). The van der Waals surface area contributed by atoms with Crippen LogP contribution in [0.3, 0.4) is 0 Å². The Morgan fingerprint density at radius 2 is 1.59 bits per heavy atom. The maximum Gasteiger partial charge on any atom is 0.117 e. The zero-order valence-electron chi connectivity index (χ0n) is 10.9. The van der Waals surface area contributed by atoms with Crippen LogP contribution in [0, 0.1) is 40.9 Å². The first-order chi connectivity index (χ1) is 8.17. The van der Waals surface area contributed by atoms with E-state index < -0.39 is 0 Å². The van der Waals surface area contributed by atoms with Gasteiger partial charge in [0.25, 0.3) is 0 Å². The number of nitrogens with zero attached hydrogens (tertiary/aromatic N) is 2. The molecule has 0 unspecified atom stereocenters. The summed E-state index contributed by atoms with van der Waals surface area (Å²) in [6.07, 6.45) is 9.51. The third-order valence-corrected chi connectivity index (χ3v) is 5.25. The Morgan fingerprint density at radius 1 is 1.06 bits per heavy atom. The summed E-state index contributed by atoms with van der Waals surface area (Å²) in [6, 6.07) is 2.35. The van der Waals surface area contributed by atoms with Gasteiger partial charge in [0.15, 0.2) is 0 Å². The molecule has 0 N–H and O–H groups in total. The maximum atomic E-state index is 9.19. The van der Waals surface area contributed by atoms with Crippen molar-refractivity contribution in [3.63, 3.8) is 0 Å². The van der Waals surface area contributed by atoms with Crippen LogP contribution in [0.15, 0.2) is 11.8 Å². The van der Waals surface area contributed by atoms with Crippen molar-refractivity contribution in [3.8, 4) is 6.07 Å². The van der Waals surface area contributed by atoms with Gasteiger partial charge in [0, 0.05) is 14.1 Å². The molecule has 0 radical (unpaired) electrons. The summed E-state index contributed by atoms with van der Waals surface area (Å²) < 4.78 is 0. The van der Waals surface area contributed by atoms with Gasteiger partial charge in [-0.3, -0.25) is 0 Å². The van der Waals surface area contributed by atoms with Crippen LogP contribution in [0.1, 0.15) is 32.1 Å². The normalized spacial score (nSPS) is 43.6. The number of rotatable bonds is 2. The molecule has 0 aliphatic heterocycles. The second-order valence-electron chi connectivity index (χ2n) is 6.57. The van der Waals surface area contributed by atoms with Gasteiger partial charge in [-0.15, -0.1) is 0 Å². The first-order valence-electron chi connectivity index (χ1n) is 6.96. The average Bonchev–Trinajstić information content (AvgIpc) is 2.27. The molecule has 2 heteroatoms. The summed E-state index contributed by atoms with van der Waals surface area (Å²) >= 11 is 0. The van der Waals surface area contributed by atoms with E-state index in [1.54, 1.807) is 0 Å². The lowest BCUT2D eigenvalue weighted by molar-refractivity contribution is -0.0167. The van der Waals surface area contributed by atoms with E-state index in [9.17, 15) is 5.26 Å². The third-order valence-electron chi connectivity index (χ3n) is 5.25. The molecule has 0 aromatic carbocycles. The second-order valence-corrected chi connectivity index (χ2v) is 6.57. The molecule has 17 heavy (non-hydrogen) atoms. The van der Waals surface area contributed by atoms with Gasteiger partial charge in [-0.2, -0.15) is 5.26 Å². The number of hydrogen-bond acceptors (Lipinski definition) is 2. The number of hydrogen-bond donors (Lipinski definition) is 0. The molecule has 0 aromatic heterocycles. The molecule has 4 saturated carbocycles. The molecule has 0 saturated heterocycles. The van der Waals surface area contributed by atoms with Crippen LogP contribution in [0.5, 0.6) is 0 Å². The molecule has 0 aromatic rings. The lowest BCUT2D eigenvalue weighted by Gasteiger charge is -2.53. The van der Waals surface area contributed by atoms with Gasteiger partial charge in [-0.05, 0) is 67.8 Å². The molecule has 0 spiro atoms. The van der Waals surface area contributed by atoms with E-state index in [0.717, 1.165) is 29.4 Å². The molecule has 4 fully saturated rings. The Hall–Kier alpha value is -0.970. The fourth-order valence-corrected chi connectivity index (χ4v) is 4.71. The molecule has 2 nitrogen and oxygen atoms in total. The van der Waals surface area contributed by atoms with Crippen molar-refractivity contribution in [1.82, 2.24) is 4.90 Å². The Kier molecular flexibility index (Phi) is 2.65. The first-order valence-corrected chi connectivity index (χ1v) is 6.96. The Bertz CT molecular complexity index is 347. The first kappa shape index (κ1) is 11.1. The molecule has 0 amide bonds. The highest BCUT2D eigenvalue weighted by atomic mass is 15.1. The zero-order chi connectivity index (χ0) is 12.0. The summed E-state index contributed by atoms with van der Waals surface area (Å²) in [6.45, 7) is 0. The van der Waals surface area contributed by atoms with E-state index in [1.165, 1.54) is 32.1 Å². The SMILES string of the molecule is CN(C)/C(C#N)=C/C1C2CC3CC(C2)CC1C3. The molecule has 0 atom stereocenters. The number of allylic oxidation sites excluding steroid dienone is 2. The van der Waals surface area contributed by atoms with E-state index in [1.807, 2.05) is 19.0 Å². The summed E-state index contributed by atoms with van der Waals surface area (Å²) in [5.41, 5.74) is 0.863. The molecule has 4 bridgehead atoms. The van der Waals surface area contributed by atoms with Gasteiger partial charge < -0.3 is 4.90 Å². The van der Waals surface area contributed by atoms with Crippen LogP contribution in [-0.2, 0) is 0 Å². The third kappa shape index (κ3) is 1.86. The number of nitriles is 1. The smallest absolute Gasteiger partial charge is 0.117 e. The van der Waals surface area contributed by atoms with Crippen molar-refractivity contribution in [2.45, 2.75) is 32.1 Å². The minimum atomic E-state index is 0.694. The van der Waals surface area contributed by atoms with Crippen molar-refractivity contribution in [2.24, 2.45) is 29.6 Å². The lowest BCUT2D eigenvalue weighted by Crippen LogP contribution is -2.44. The van der Waals surface area contributed by atoms with Crippen molar-refractivity contribution in [2.75, 3.05) is 14.1 Å². The summed E-state index contributed by atoms with van der Waals surface area (Å²) in [5.74, 6) is 4.50. The van der Waals surface area contributed by atoms with Gasteiger partial charge >= 0.3 is 0 Å². The van der Waals surface area contributed by atoms with E-state index in [4.69, 9.17) is 0 Å². The molecule has 92 valence electrons. The highest BCUT2D eigenvalue weighted by Crippen LogP contribution is 2.57. The van der Waals surface area contributed by atoms with Crippen LogP contribution < -0.4 is 0 Å². The van der Waals surface area contributed by atoms with Crippen molar-refractivity contribution in [3.05, 3.63) is 11.8 Å². The predicted molar refractivity (Wildman–Crippen MR) is 67.9 cm³/mol. The Labute approximate surface area is 104 Å². The van der Waals surface area contributed by atoms with E-state index >= 15 is 0 Å². The summed E-state index contributed by atoms with van der Waals surface area (Å²) in [7, 11) is 3.95. The molecule has 0 heterocycles. The maximum absolute atomic E-state index is 9.19. The van der Waals surface area contributed by atoms with Crippen LogP contribution in [0.25, 0.3) is 0 Å². The lowest BCUT2D eigenvalue weighted by atomic mass is 9.52. The predicted octanol–water partition coefficient (Wildman–Crippen LogP) is 3.03. The fraction of sp³-hybridized carbons (Fsp3) is 0.800. The zero-order valence-corrected chi connectivity index (χ0v) is 10.9. The molecular weight excluding hydrogens is 208 g/mol. The highest BCUT2D eigenvalue weighted by molar-refractivity contribution is 5.21. The van der Waals surface area contributed by atoms with Crippen molar-refractivity contribution >= 4 is 0 Å². The minimum Gasteiger partial charge on any atom is -0.369 e. The van der Waals surface area contributed by atoms with E-state index in [-0.39, 0.29) is 0 Å². The van der Waals surface area contributed by atoms with Crippen molar-refractivity contribution < 1.29 is 0 Å². The standard InChI is InChI=1S/C15H22N2/c1-17(2)14(9-16)8-15-12-4-10-3-11(6-12)7-13(15)5-10/h8,10-13,15H,3-7H2,1-2H3/b14-8+. The topological polar surface area (TPSA) is 27.0 Å². The molecule has 4 aliphatic rings. The van der Waals surface area contributed by atoms with Crippen LogP contribution >= 0.6 is 0 Å². The van der Waals surface area contributed by atoms with E-state index in [2.05, 4.69) is 12.1 Å². The minimum absolute atomic E-state index is 0.694. The molecular formula is C15H22N2. The highest BCUT2D eigenvalue weighted by Gasteiger charge is 2.47. The van der Waals surface area contributed by atoms with Gasteiger partial charge in [-0.25, -0.2) is 0 Å². The van der Waals surface area contributed by atoms with Crippen LogP contribution in [-0.4, -0.2) is 19.0 Å². The van der Waals surface area contributed by atoms with Crippen molar-refractivity contribution in [1.29, 1.82) is 5.26 Å². The Balaban J connectivity index is 1.83. The second kappa shape index (κ2) is 4.05. The van der Waals surface area contributed by atoms with Crippen LogP contribution in [0.2, 0.25) is 0 Å².